The van der Waals surface area contributed by atoms with E-state index in [0.29, 0.717) is 17.0 Å². The summed E-state index contributed by atoms with van der Waals surface area (Å²) in [6.07, 6.45) is 0.548. The number of thiocarbonyl (C=S) groups is 1. The molecule has 9 heteroatoms. The van der Waals surface area contributed by atoms with Gasteiger partial charge in [0.1, 0.15) is 0 Å². The molecule has 2 aromatic carbocycles. The Labute approximate surface area is 200 Å². The fourth-order valence-electron chi connectivity index (χ4n) is 3.20. The second-order valence-electron chi connectivity index (χ2n) is 6.80. The number of anilines is 2. The average Bonchev–Trinajstić information content (AvgIpc) is 2.75. The van der Waals surface area contributed by atoms with Gasteiger partial charge in [0.15, 0.2) is 5.11 Å². The van der Waals surface area contributed by atoms with Crippen molar-refractivity contribution in [2.45, 2.75) is 13.3 Å². The van der Waals surface area contributed by atoms with Crippen molar-refractivity contribution in [2.24, 2.45) is 0 Å². The summed E-state index contributed by atoms with van der Waals surface area (Å²) in [7, 11) is 0. The Morgan fingerprint density at radius 3 is 2.40 bits per heavy atom. The zero-order chi connectivity index (χ0) is 21.7. The van der Waals surface area contributed by atoms with Crippen molar-refractivity contribution in [3.05, 3.63) is 56.6 Å². The summed E-state index contributed by atoms with van der Waals surface area (Å²) in [6.45, 7) is 4.99. The molecule has 1 fully saturated rings. The van der Waals surface area contributed by atoms with Gasteiger partial charge in [-0.25, -0.2) is 0 Å². The summed E-state index contributed by atoms with van der Waals surface area (Å²) in [5.74, 6) is -0.150. The standard InChI is InChI=1S/C21H22ClIN4O2S/c1-2-19(28)27-11-9-26(10-12-27)16-6-4-15(5-7-16)24-21(30)25-20(29)17-13-14(23)3-8-18(17)22/h3-8,13H,2,9-12H2,1H3,(H2,24,25,29,30). The van der Waals surface area contributed by atoms with E-state index in [0.717, 1.165) is 41.1 Å². The van der Waals surface area contributed by atoms with Crippen LogP contribution in [0.15, 0.2) is 42.5 Å². The molecule has 0 bridgehead atoms. The zero-order valence-corrected chi connectivity index (χ0v) is 20.2. The summed E-state index contributed by atoms with van der Waals surface area (Å²) < 4.78 is 0.913. The third-order valence-electron chi connectivity index (χ3n) is 4.83. The Balaban J connectivity index is 1.54. The first-order valence-corrected chi connectivity index (χ1v) is 11.4. The minimum absolute atomic E-state index is 0.203. The number of piperazine rings is 1. The summed E-state index contributed by atoms with van der Waals surface area (Å²) >= 11 is 13.5. The van der Waals surface area contributed by atoms with Crippen LogP contribution in [0.1, 0.15) is 23.7 Å². The van der Waals surface area contributed by atoms with Crippen LogP contribution in [0, 0.1) is 3.57 Å². The van der Waals surface area contributed by atoms with Gasteiger partial charge in [0, 0.05) is 47.5 Å². The molecule has 1 heterocycles. The number of hydrogen-bond acceptors (Lipinski definition) is 4. The highest BCUT2D eigenvalue weighted by Crippen LogP contribution is 2.21. The van der Waals surface area contributed by atoms with Crippen LogP contribution in [0.2, 0.25) is 5.02 Å². The van der Waals surface area contributed by atoms with Gasteiger partial charge in [-0.05, 0) is 77.3 Å². The molecule has 0 aliphatic carbocycles. The molecular weight excluding hydrogens is 535 g/mol. The van der Waals surface area contributed by atoms with E-state index in [1.165, 1.54) is 0 Å². The Kier molecular flexibility index (Phi) is 7.90. The number of hydrogen-bond donors (Lipinski definition) is 2. The molecule has 0 unspecified atom stereocenters. The van der Waals surface area contributed by atoms with Crippen molar-refractivity contribution in [2.75, 3.05) is 36.4 Å². The molecule has 0 aromatic heterocycles. The van der Waals surface area contributed by atoms with Gasteiger partial charge in [-0.15, -0.1) is 0 Å². The lowest BCUT2D eigenvalue weighted by atomic mass is 10.2. The molecule has 0 saturated carbocycles. The van der Waals surface area contributed by atoms with Gasteiger partial charge in [-0.1, -0.05) is 18.5 Å². The van der Waals surface area contributed by atoms with Gasteiger partial charge in [0.2, 0.25) is 5.91 Å². The molecule has 2 aromatic rings. The Morgan fingerprint density at radius 1 is 1.10 bits per heavy atom. The molecule has 2 amide bonds. The van der Waals surface area contributed by atoms with E-state index >= 15 is 0 Å². The Morgan fingerprint density at radius 2 is 1.77 bits per heavy atom. The smallest absolute Gasteiger partial charge is 0.258 e. The van der Waals surface area contributed by atoms with E-state index < -0.39 is 0 Å². The molecule has 3 rings (SSSR count). The molecule has 30 heavy (non-hydrogen) atoms. The van der Waals surface area contributed by atoms with Gasteiger partial charge in [0.05, 0.1) is 10.6 Å². The highest BCUT2D eigenvalue weighted by molar-refractivity contribution is 14.1. The van der Waals surface area contributed by atoms with Crippen LogP contribution in [0.4, 0.5) is 11.4 Å². The number of halogens is 2. The van der Waals surface area contributed by atoms with Gasteiger partial charge >= 0.3 is 0 Å². The maximum atomic E-state index is 12.4. The molecule has 0 atom stereocenters. The van der Waals surface area contributed by atoms with E-state index in [1.807, 2.05) is 42.2 Å². The first-order valence-electron chi connectivity index (χ1n) is 9.57. The van der Waals surface area contributed by atoms with Crippen molar-refractivity contribution >= 4 is 74.7 Å². The first-order chi connectivity index (χ1) is 14.4. The van der Waals surface area contributed by atoms with Crippen LogP contribution in [0.5, 0.6) is 0 Å². The molecule has 1 saturated heterocycles. The number of rotatable bonds is 4. The minimum atomic E-state index is -0.355. The van der Waals surface area contributed by atoms with Crippen molar-refractivity contribution < 1.29 is 9.59 Å². The minimum Gasteiger partial charge on any atom is -0.368 e. The lowest BCUT2D eigenvalue weighted by Crippen LogP contribution is -2.48. The fourth-order valence-corrected chi connectivity index (χ4v) is 4.10. The maximum absolute atomic E-state index is 12.4. The van der Waals surface area contributed by atoms with Crippen LogP contribution < -0.4 is 15.5 Å². The van der Waals surface area contributed by atoms with Crippen LogP contribution in [-0.2, 0) is 4.79 Å². The van der Waals surface area contributed by atoms with Gasteiger partial charge in [-0.3, -0.25) is 14.9 Å². The van der Waals surface area contributed by atoms with Crippen LogP contribution in [0.25, 0.3) is 0 Å². The average molecular weight is 557 g/mol. The summed E-state index contributed by atoms with van der Waals surface area (Å²) in [6, 6.07) is 13.1. The van der Waals surface area contributed by atoms with Gasteiger partial charge < -0.3 is 15.1 Å². The van der Waals surface area contributed by atoms with Gasteiger partial charge in [0.25, 0.3) is 5.91 Å². The van der Waals surface area contributed by atoms with Gasteiger partial charge in [-0.2, -0.15) is 0 Å². The number of carbonyl (C=O) groups is 2. The Bertz CT molecular complexity index is 947. The largest absolute Gasteiger partial charge is 0.368 e. The van der Waals surface area contributed by atoms with E-state index in [9.17, 15) is 9.59 Å². The zero-order valence-electron chi connectivity index (χ0n) is 16.5. The van der Waals surface area contributed by atoms with Crippen LogP contribution in [-0.4, -0.2) is 48.0 Å². The second-order valence-corrected chi connectivity index (χ2v) is 8.86. The number of amides is 2. The predicted molar refractivity (Wildman–Crippen MR) is 133 cm³/mol. The van der Waals surface area contributed by atoms with E-state index in [1.54, 1.807) is 12.1 Å². The normalized spacial score (nSPS) is 13.7. The van der Waals surface area contributed by atoms with E-state index in [-0.39, 0.29) is 16.9 Å². The monoisotopic (exact) mass is 556 g/mol. The molecule has 2 N–H and O–H groups in total. The molecule has 0 spiro atoms. The first kappa shape index (κ1) is 22.8. The molecule has 1 aliphatic rings. The van der Waals surface area contributed by atoms with Crippen molar-refractivity contribution in [3.63, 3.8) is 0 Å². The van der Waals surface area contributed by atoms with Crippen LogP contribution in [0.3, 0.4) is 0 Å². The maximum Gasteiger partial charge on any atom is 0.258 e. The predicted octanol–water partition coefficient (Wildman–Crippen LogP) is 4.13. The quantitative estimate of drug-likeness (QED) is 0.438. The van der Waals surface area contributed by atoms with Crippen molar-refractivity contribution in [1.29, 1.82) is 0 Å². The molecule has 6 nitrogen and oxygen atoms in total. The molecule has 0 radical (unpaired) electrons. The third-order valence-corrected chi connectivity index (χ3v) is 6.03. The molecule has 1 aliphatic heterocycles. The number of nitrogens with zero attached hydrogens (tertiary/aromatic N) is 2. The highest BCUT2D eigenvalue weighted by atomic mass is 127. The lowest BCUT2D eigenvalue weighted by Gasteiger charge is -2.36. The lowest BCUT2D eigenvalue weighted by molar-refractivity contribution is -0.131. The SMILES string of the molecule is CCC(=O)N1CCN(c2ccc(NC(=S)NC(=O)c3cc(I)ccc3Cl)cc2)CC1. The fraction of sp³-hybridized carbons (Fsp3) is 0.286. The summed E-state index contributed by atoms with van der Waals surface area (Å²) in [5.41, 5.74) is 2.24. The van der Waals surface area contributed by atoms with E-state index in [4.69, 9.17) is 23.8 Å². The van der Waals surface area contributed by atoms with E-state index in [2.05, 4.69) is 38.1 Å². The number of carbonyl (C=O) groups excluding carboxylic acids is 2. The summed E-state index contributed by atoms with van der Waals surface area (Å²) in [5, 5.41) is 6.26. The van der Waals surface area contributed by atoms with Crippen molar-refractivity contribution in [1.82, 2.24) is 10.2 Å². The second kappa shape index (κ2) is 10.4. The highest BCUT2D eigenvalue weighted by Gasteiger charge is 2.20. The van der Waals surface area contributed by atoms with Crippen LogP contribution >= 0.6 is 46.4 Å². The molecular formula is C21H22ClIN4O2S. The van der Waals surface area contributed by atoms with Crippen molar-refractivity contribution in [3.8, 4) is 0 Å². The Hall–Kier alpha value is -1.91. The number of benzene rings is 2. The topological polar surface area (TPSA) is 64.7 Å². The molecule has 158 valence electrons. The summed E-state index contributed by atoms with van der Waals surface area (Å²) in [4.78, 5) is 28.4. The third kappa shape index (κ3) is 5.83. The number of nitrogens with one attached hydrogen (secondary N) is 2.